The number of anilines is 1. The van der Waals surface area contributed by atoms with Gasteiger partial charge in [-0.1, -0.05) is 0 Å². The van der Waals surface area contributed by atoms with E-state index in [-0.39, 0.29) is 10.8 Å². The molecule has 0 fully saturated rings. The van der Waals surface area contributed by atoms with Crippen molar-refractivity contribution < 1.29 is 45.7 Å². The number of amides is 1. The molecule has 0 heterocycles. The molecule has 0 aliphatic rings. The number of carbonyl (C=O) groups is 1. The molecule has 3 aromatic rings. The first-order valence-corrected chi connectivity index (χ1v) is 11.5. The van der Waals surface area contributed by atoms with Gasteiger partial charge in [0.2, 0.25) is 0 Å². The molecule has 0 spiro atoms. The fourth-order valence-electron chi connectivity index (χ4n) is 2.97. The molecule has 15 nitrogen and oxygen atoms in total. The molecule has 3 rings (SSSR count). The van der Waals surface area contributed by atoms with Crippen molar-refractivity contribution in [1.82, 2.24) is 0 Å². The minimum Gasteiger partial charge on any atom is -0.507 e. The van der Waals surface area contributed by atoms with E-state index in [9.17, 15) is 56.1 Å². The number of fused-ring (bicyclic) bond motifs is 1. The molecule has 3 aromatic carbocycles. The first kappa shape index (κ1) is 24.5. The molecule has 1 amide bonds. The Morgan fingerprint density at radius 3 is 1.71 bits per heavy atom. The van der Waals surface area contributed by atoms with E-state index >= 15 is 0 Å². The van der Waals surface area contributed by atoms with Gasteiger partial charge in [-0.2, -0.15) is 16.8 Å². The zero-order valence-corrected chi connectivity index (χ0v) is 17.9. The maximum Gasteiger partial charge on any atom is 0.294 e. The number of nitro groups is 2. The second-order valence-electron chi connectivity index (χ2n) is 6.67. The summed E-state index contributed by atoms with van der Waals surface area (Å²) in [7, 11) is -9.79. The summed E-state index contributed by atoms with van der Waals surface area (Å²) in [6, 6.07) is 4.78. The van der Waals surface area contributed by atoms with Gasteiger partial charge in [0.15, 0.2) is 0 Å². The molecule has 0 aromatic heterocycles. The molecule has 34 heavy (non-hydrogen) atoms. The highest BCUT2D eigenvalue weighted by molar-refractivity contribution is 7.86. The lowest BCUT2D eigenvalue weighted by molar-refractivity contribution is -0.394. The van der Waals surface area contributed by atoms with E-state index in [0.717, 1.165) is 12.1 Å². The first-order valence-electron chi connectivity index (χ1n) is 8.59. The third kappa shape index (κ3) is 4.91. The fraction of sp³-hybridized carbons (Fsp3) is 0. The van der Waals surface area contributed by atoms with Crippen LogP contribution in [-0.2, 0) is 20.2 Å². The van der Waals surface area contributed by atoms with Crippen molar-refractivity contribution in [2.45, 2.75) is 9.79 Å². The summed E-state index contributed by atoms with van der Waals surface area (Å²) in [5.41, 5.74) is -2.68. The van der Waals surface area contributed by atoms with Gasteiger partial charge in [0.1, 0.15) is 5.75 Å². The zero-order chi connectivity index (χ0) is 25.6. The van der Waals surface area contributed by atoms with Crippen molar-refractivity contribution in [2.75, 3.05) is 5.32 Å². The predicted octanol–water partition coefficient (Wildman–Crippen LogP) is 2.11. The molecule has 0 saturated heterocycles. The van der Waals surface area contributed by atoms with Crippen molar-refractivity contribution in [1.29, 1.82) is 0 Å². The second-order valence-corrected chi connectivity index (χ2v) is 9.51. The molecular weight excluding hydrogens is 502 g/mol. The summed E-state index contributed by atoms with van der Waals surface area (Å²) >= 11 is 0. The average molecular weight is 513 g/mol. The highest BCUT2D eigenvalue weighted by Crippen LogP contribution is 2.37. The maximum atomic E-state index is 12.7. The Morgan fingerprint density at radius 1 is 0.794 bits per heavy atom. The summed E-state index contributed by atoms with van der Waals surface area (Å²) in [4.78, 5) is 31.2. The number of nitrogens with zero attached hydrogens (tertiary/aromatic N) is 2. The van der Waals surface area contributed by atoms with Crippen LogP contribution in [0.5, 0.6) is 5.75 Å². The molecule has 0 radical (unpaired) electrons. The zero-order valence-electron chi connectivity index (χ0n) is 16.3. The number of phenolic OH excluding ortho intramolecular Hbond substituents is 1. The Labute approximate surface area is 189 Å². The van der Waals surface area contributed by atoms with E-state index in [1.807, 2.05) is 0 Å². The maximum absolute atomic E-state index is 12.7. The van der Waals surface area contributed by atoms with Gasteiger partial charge in [-0.25, -0.2) is 0 Å². The quantitative estimate of drug-likeness (QED) is 0.210. The first-order chi connectivity index (χ1) is 15.6. The number of hydrogen-bond acceptors (Lipinski definition) is 10. The third-order valence-corrected chi connectivity index (χ3v) is 6.07. The SMILES string of the molecule is O=C(Nc1cc(S(=O)(=O)O)cc2cc(S(=O)(=O)O)cc(O)c12)c1cc([N+](=O)[O-])cc([N+](=O)[O-])c1. The van der Waals surface area contributed by atoms with Crippen molar-refractivity contribution >= 4 is 54.0 Å². The van der Waals surface area contributed by atoms with Gasteiger partial charge in [-0.15, -0.1) is 0 Å². The van der Waals surface area contributed by atoms with Gasteiger partial charge in [-0.3, -0.25) is 34.1 Å². The van der Waals surface area contributed by atoms with Crippen LogP contribution in [0.3, 0.4) is 0 Å². The average Bonchev–Trinajstić information content (AvgIpc) is 2.71. The standard InChI is InChI=1S/C17H11N3O12S2/c21-15-7-13(34(30,31)32)4-8-3-12(33(27,28)29)6-14(16(8)15)18-17(22)9-1-10(19(23)24)5-11(2-9)20(25)26/h1-7,21H,(H,18,22)(H,27,28,29)(H,30,31,32). The van der Waals surface area contributed by atoms with Crippen LogP contribution < -0.4 is 5.32 Å². The summed E-state index contributed by atoms with van der Waals surface area (Å²) in [6.07, 6.45) is 0. The largest absolute Gasteiger partial charge is 0.507 e. The van der Waals surface area contributed by atoms with E-state index in [1.165, 1.54) is 0 Å². The molecule has 0 atom stereocenters. The van der Waals surface area contributed by atoms with Crippen LogP contribution in [0.2, 0.25) is 0 Å². The monoisotopic (exact) mass is 513 g/mol. The predicted molar refractivity (Wildman–Crippen MR) is 113 cm³/mol. The summed E-state index contributed by atoms with van der Waals surface area (Å²) in [5, 5.41) is 33.8. The number of phenols is 1. The lowest BCUT2D eigenvalue weighted by atomic mass is 10.1. The van der Waals surface area contributed by atoms with Gasteiger partial charge >= 0.3 is 0 Å². The van der Waals surface area contributed by atoms with E-state index in [1.54, 1.807) is 0 Å². The van der Waals surface area contributed by atoms with Crippen molar-refractivity contribution in [3.05, 3.63) is 68.3 Å². The Morgan fingerprint density at radius 2 is 1.26 bits per heavy atom. The van der Waals surface area contributed by atoms with E-state index in [4.69, 9.17) is 0 Å². The topological polar surface area (TPSA) is 244 Å². The van der Waals surface area contributed by atoms with E-state index in [2.05, 4.69) is 5.32 Å². The molecule has 0 unspecified atom stereocenters. The number of carbonyl (C=O) groups excluding carboxylic acids is 1. The number of benzene rings is 3. The minimum absolute atomic E-state index is 0.340. The van der Waals surface area contributed by atoms with Crippen LogP contribution in [0.15, 0.2) is 52.3 Å². The second kappa shape index (κ2) is 8.30. The van der Waals surface area contributed by atoms with Crippen LogP contribution in [0.4, 0.5) is 17.1 Å². The molecule has 0 bridgehead atoms. The van der Waals surface area contributed by atoms with E-state index in [0.29, 0.717) is 30.3 Å². The highest BCUT2D eigenvalue weighted by atomic mass is 32.2. The van der Waals surface area contributed by atoms with Gasteiger partial charge < -0.3 is 10.4 Å². The molecule has 178 valence electrons. The lowest BCUT2D eigenvalue weighted by Crippen LogP contribution is -2.14. The van der Waals surface area contributed by atoms with Crippen LogP contribution in [0.25, 0.3) is 10.8 Å². The number of nitrogens with one attached hydrogen (secondary N) is 1. The molecule has 4 N–H and O–H groups in total. The van der Waals surface area contributed by atoms with Crippen LogP contribution in [0, 0.1) is 20.2 Å². The Hall–Kier alpha value is -4.19. The molecule has 17 heteroatoms. The number of non-ortho nitro benzene ring substituents is 2. The smallest absolute Gasteiger partial charge is 0.294 e. The summed E-state index contributed by atoms with van der Waals surface area (Å²) in [5.74, 6) is -2.05. The number of aromatic hydroxyl groups is 1. The molecule has 0 saturated carbocycles. The highest BCUT2D eigenvalue weighted by Gasteiger charge is 2.23. The lowest BCUT2D eigenvalue weighted by Gasteiger charge is -2.13. The van der Waals surface area contributed by atoms with Gasteiger partial charge in [-0.05, 0) is 23.6 Å². The van der Waals surface area contributed by atoms with Crippen LogP contribution >= 0.6 is 0 Å². The normalized spacial score (nSPS) is 11.8. The van der Waals surface area contributed by atoms with Gasteiger partial charge in [0, 0.05) is 23.6 Å². The van der Waals surface area contributed by atoms with Crippen LogP contribution in [0.1, 0.15) is 10.4 Å². The fourth-order valence-corrected chi connectivity index (χ4v) is 4.05. The summed E-state index contributed by atoms with van der Waals surface area (Å²) in [6.45, 7) is 0. The van der Waals surface area contributed by atoms with E-state index < -0.39 is 74.2 Å². The Bertz CT molecular complexity index is 1580. The number of hydrogen-bond donors (Lipinski definition) is 4. The Kier molecular flexibility index (Phi) is 5.97. The molecule has 0 aliphatic heterocycles. The molecule has 0 aliphatic carbocycles. The number of nitro benzene ring substituents is 2. The molecular formula is C17H11N3O12S2. The van der Waals surface area contributed by atoms with Gasteiger partial charge in [0.25, 0.3) is 37.5 Å². The minimum atomic E-state index is -4.94. The van der Waals surface area contributed by atoms with Crippen molar-refractivity contribution in [2.24, 2.45) is 0 Å². The third-order valence-electron chi connectivity index (χ3n) is 4.41. The number of rotatable bonds is 6. The van der Waals surface area contributed by atoms with Crippen LogP contribution in [-0.4, -0.2) is 46.8 Å². The summed E-state index contributed by atoms with van der Waals surface area (Å²) < 4.78 is 64.8. The van der Waals surface area contributed by atoms with Crippen molar-refractivity contribution in [3.8, 4) is 5.75 Å². The Balaban J connectivity index is 2.24. The van der Waals surface area contributed by atoms with Gasteiger partial charge in [0.05, 0.1) is 37.0 Å². The van der Waals surface area contributed by atoms with Crippen molar-refractivity contribution in [3.63, 3.8) is 0 Å².